The van der Waals surface area contributed by atoms with Gasteiger partial charge in [0, 0.05) is 63.2 Å². The smallest absolute Gasteiger partial charge is 1.00 e. The molecule has 0 atom stereocenters. The number of benzene rings is 2. The Labute approximate surface area is 532 Å². The van der Waals surface area contributed by atoms with E-state index in [1.54, 1.807) is 0 Å². The van der Waals surface area contributed by atoms with E-state index in [-0.39, 0.29) is 211 Å². The molecule has 0 radical (unpaired) electrons. The average molecular weight is 1290 g/mol. The van der Waals surface area contributed by atoms with Gasteiger partial charge in [0.05, 0.1) is 6.61 Å². The summed E-state index contributed by atoms with van der Waals surface area (Å²) < 4.78 is 21.7. The van der Waals surface area contributed by atoms with Crippen molar-refractivity contribution in [3.8, 4) is 11.5 Å². The van der Waals surface area contributed by atoms with Crippen LogP contribution in [0.25, 0.3) is 0 Å². The fourth-order valence-electron chi connectivity index (χ4n) is 4.89. The zero-order chi connectivity index (χ0) is 42.9. The Morgan fingerprint density at radius 1 is 0.787 bits per heavy atom. The minimum atomic E-state index is -0.466. The first-order chi connectivity index (χ1) is 26.8. The largest absolute Gasteiger partial charge is 1.00 e. The molecule has 2 heterocycles. The molecule has 0 bridgehead atoms. The second-order valence-corrected chi connectivity index (χ2v) is 16.7. The van der Waals surface area contributed by atoms with Crippen LogP contribution in [0.4, 0.5) is 9.59 Å². The van der Waals surface area contributed by atoms with Crippen molar-refractivity contribution < 1.29 is 236 Å². The molecule has 334 valence electrons. The maximum Gasteiger partial charge on any atom is 1.00 e. The number of hydrogen-bond acceptors (Lipinski definition) is 13. The SMILES string of the molecule is CC(C)(C)OC(=O)NCCc1ccc(OCCBr)cc1.CN(C)C1CN(CCOc2ccc(CCNC(=O)OC(C)(C)C)cc2)C1.CN(C)C1CNC1.O=CO[O-].[Cs+].[Cs+].[H-].[I-].[Na+]. The van der Waals surface area contributed by atoms with E-state index in [0.717, 1.165) is 66.5 Å². The molecule has 2 saturated heterocycles. The summed E-state index contributed by atoms with van der Waals surface area (Å²) in [7, 11) is 8.49. The van der Waals surface area contributed by atoms with Crippen molar-refractivity contribution in [3.05, 3.63) is 59.7 Å². The van der Waals surface area contributed by atoms with E-state index in [2.05, 4.69) is 79.7 Å². The third-order valence-corrected chi connectivity index (χ3v) is 8.55. The number of alkyl halides is 1. The van der Waals surface area contributed by atoms with Crippen LogP contribution in [0.15, 0.2) is 48.5 Å². The first kappa shape index (κ1) is 69.7. The van der Waals surface area contributed by atoms with Gasteiger partial charge in [-0.3, -0.25) is 9.69 Å². The van der Waals surface area contributed by atoms with Crippen LogP contribution in [0.2, 0.25) is 0 Å². The first-order valence-corrected chi connectivity index (χ1v) is 20.4. The molecule has 2 fully saturated rings. The zero-order valence-electron chi connectivity index (χ0n) is 40.1. The Kier molecular flexibility index (Phi) is 45.8. The number of carbonyl (C=O) groups excluding carboxylic acids is 3. The number of ether oxygens (including phenoxy) is 4. The van der Waals surface area contributed by atoms with Crippen LogP contribution >= 0.6 is 15.9 Å². The van der Waals surface area contributed by atoms with E-state index in [1.807, 2.05) is 90.1 Å². The summed E-state index contributed by atoms with van der Waals surface area (Å²) in [5.74, 6) is 1.74. The van der Waals surface area contributed by atoms with Gasteiger partial charge in [0.1, 0.15) is 29.3 Å². The molecule has 3 N–H and O–H groups in total. The van der Waals surface area contributed by atoms with Gasteiger partial charge < -0.3 is 80.2 Å². The van der Waals surface area contributed by atoms with Gasteiger partial charge in [-0.1, -0.05) is 40.2 Å². The Hall–Kier alpha value is 2.16. The molecule has 0 aromatic heterocycles. The zero-order valence-corrected chi connectivity index (χ0v) is 57.4. The Bertz CT molecular complexity index is 1410. The van der Waals surface area contributed by atoms with Crippen molar-refractivity contribution in [2.75, 3.05) is 92.5 Å². The van der Waals surface area contributed by atoms with E-state index in [4.69, 9.17) is 29.0 Å². The van der Waals surface area contributed by atoms with Crippen LogP contribution in [0.5, 0.6) is 11.5 Å². The van der Waals surface area contributed by atoms with Crippen molar-refractivity contribution >= 4 is 34.6 Å². The maximum atomic E-state index is 11.6. The molecule has 0 unspecified atom stereocenters. The van der Waals surface area contributed by atoms with Gasteiger partial charge in [0.2, 0.25) is 0 Å². The van der Waals surface area contributed by atoms with Gasteiger partial charge in [0.15, 0.2) is 0 Å². The fraction of sp³-hybridized carbons (Fsp3) is 0.634. The molecule has 2 aromatic carbocycles. The van der Waals surface area contributed by atoms with E-state index in [1.165, 1.54) is 13.1 Å². The van der Waals surface area contributed by atoms with Gasteiger partial charge in [-0.25, -0.2) is 9.59 Å². The minimum Gasteiger partial charge on any atom is -1.00 e. The number of halogens is 2. The molecular weight excluding hydrogens is 1220 g/mol. The number of carbonyl (C=O) groups is 3. The Balaban J connectivity index is -0.000000267. The van der Waals surface area contributed by atoms with Crippen LogP contribution < -0.4 is 222 Å². The summed E-state index contributed by atoms with van der Waals surface area (Å²) in [4.78, 5) is 41.2. The maximum absolute atomic E-state index is 11.6. The van der Waals surface area contributed by atoms with Crippen molar-refractivity contribution in [1.29, 1.82) is 0 Å². The van der Waals surface area contributed by atoms with Crippen molar-refractivity contribution in [2.45, 2.75) is 77.7 Å². The average Bonchev–Trinajstić information content (AvgIpc) is 3.07. The summed E-state index contributed by atoms with van der Waals surface area (Å²) in [5, 5.41) is 18.0. The molecule has 2 aliphatic rings. The quantitative estimate of drug-likeness (QED) is 0.0363. The molecule has 61 heavy (non-hydrogen) atoms. The molecular formula is C41H69BrCs2IN6NaO9. The molecule has 15 nitrogen and oxygen atoms in total. The molecule has 0 aliphatic carbocycles. The standard InChI is InChI=1S/C20H33N3O3.C15H22BrNO3.C5H12N2.CH2O3.2Cs.HI.Na.H/c1-20(2,3)26-19(24)21-11-10-16-6-8-18(9-7-16)25-13-12-23-14-17(15-23)22(4)5;1-15(2,3)20-14(18)17-10-8-12-4-6-13(7-5-12)19-11-9-16;1-7(2)5-3-6-4-5;2-1-4-3;;;;;/h6-9,17H,10-15H2,1-5H3,(H,21,24);4-7H,8-11H2,1-3H3,(H,17,18);5-6H,3-4H2,1-2H3;1,3H;;;1H;;/q;;;;2*+1;;+1;-1/p-2. The van der Waals surface area contributed by atoms with E-state index in [9.17, 15) is 9.59 Å². The van der Waals surface area contributed by atoms with E-state index in [0.29, 0.717) is 32.3 Å². The molecule has 0 saturated carbocycles. The number of likely N-dealkylation sites (N-methyl/N-ethyl adjacent to an activating group) is 2. The predicted molar refractivity (Wildman–Crippen MR) is 226 cm³/mol. The minimum absolute atomic E-state index is 0. The normalized spacial score (nSPS) is 13.2. The summed E-state index contributed by atoms with van der Waals surface area (Å²) in [6, 6.07) is 17.4. The van der Waals surface area contributed by atoms with Crippen LogP contribution in [0.3, 0.4) is 0 Å². The molecule has 20 heteroatoms. The molecule has 2 amide bonds. The molecule has 0 spiro atoms. The number of amides is 2. The Morgan fingerprint density at radius 2 is 1.16 bits per heavy atom. The molecule has 2 aromatic rings. The number of likely N-dealkylation sites (tertiary alicyclic amines) is 1. The van der Waals surface area contributed by atoms with Gasteiger partial charge in [-0.2, -0.15) is 0 Å². The van der Waals surface area contributed by atoms with Crippen molar-refractivity contribution in [1.82, 2.24) is 30.7 Å². The fourth-order valence-corrected chi connectivity index (χ4v) is 5.05. The van der Waals surface area contributed by atoms with Gasteiger partial charge in [-0.15, -0.1) is 0 Å². The number of nitrogens with zero attached hydrogens (tertiary/aromatic N) is 3. The third-order valence-electron chi connectivity index (χ3n) is 8.23. The van der Waals surface area contributed by atoms with Crippen LogP contribution in [0.1, 0.15) is 54.1 Å². The van der Waals surface area contributed by atoms with Crippen LogP contribution in [0, 0.1) is 0 Å². The second-order valence-electron chi connectivity index (χ2n) is 15.9. The van der Waals surface area contributed by atoms with Gasteiger partial charge >= 0.3 is 180 Å². The third kappa shape index (κ3) is 37.8. The van der Waals surface area contributed by atoms with E-state index < -0.39 is 11.2 Å². The summed E-state index contributed by atoms with van der Waals surface area (Å²) in [5.41, 5.74) is 1.38. The topological polar surface area (TPSA) is 166 Å². The predicted octanol–water partition coefficient (Wildman–Crippen LogP) is -8.01. The van der Waals surface area contributed by atoms with Crippen molar-refractivity contribution in [3.63, 3.8) is 0 Å². The van der Waals surface area contributed by atoms with Gasteiger partial charge in [-0.05, 0) is 118 Å². The van der Waals surface area contributed by atoms with Crippen molar-refractivity contribution in [2.24, 2.45) is 0 Å². The summed E-state index contributed by atoms with van der Waals surface area (Å²) in [6.07, 6.45) is 0.770. The number of rotatable bonds is 16. The van der Waals surface area contributed by atoms with Gasteiger partial charge in [0.25, 0.3) is 6.47 Å². The molecule has 4 rings (SSSR count). The first-order valence-electron chi connectivity index (χ1n) is 19.3. The molecule has 2 aliphatic heterocycles. The summed E-state index contributed by atoms with van der Waals surface area (Å²) >= 11 is 3.31. The Morgan fingerprint density at radius 3 is 1.44 bits per heavy atom. The number of hydrogen-bond donors (Lipinski definition) is 3. The van der Waals surface area contributed by atoms with E-state index >= 15 is 0 Å². The van der Waals surface area contributed by atoms with Crippen LogP contribution in [-0.4, -0.2) is 149 Å². The van der Waals surface area contributed by atoms with Crippen LogP contribution in [-0.2, 0) is 32.0 Å². The number of alkyl carbamates (subject to hydrolysis) is 2. The summed E-state index contributed by atoms with van der Waals surface area (Å²) in [6.45, 7) is 18.9. The monoisotopic (exact) mass is 1280 g/mol. The second kappa shape index (κ2) is 40.1. The number of nitrogens with one attached hydrogen (secondary N) is 3.